The average molecular weight is 463 g/mol. The SMILES string of the molecule is COC(=O)c1cc(F)c(Br)c(C)c1N.[CH3-].[Re]. The van der Waals surface area contributed by atoms with E-state index in [-0.39, 0.29) is 43.6 Å². The second-order valence-corrected chi connectivity index (χ2v) is 3.54. The Balaban J connectivity index is 0. The van der Waals surface area contributed by atoms with Gasteiger partial charge in [0.05, 0.1) is 22.8 Å². The Labute approximate surface area is 116 Å². The monoisotopic (exact) mass is 463 g/mol. The van der Waals surface area contributed by atoms with Gasteiger partial charge in [-0.25, -0.2) is 9.18 Å². The Morgan fingerprint density at radius 2 is 2.06 bits per heavy atom. The molecule has 0 heterocycles. The topological polar surface area (TPSA) is 52.3 Å². The van der Waals surface area contributed by atoms with Gasteiger partial charge in [-0.2, -0.15) is 0 Å². The molecular weight excluding hydrogens is 451 g/mol. The number of ether oxygens (including phenoxy) is 1. The van der Waals surface area contributed by atoms with Crippen LogP contribution in [0.3, 0.4) is 0 Å². The minimum absolute atomic E-state index is 0. The molecule has 1 aromatic rings. The first kappa shape index (κ1) is 17.9. The van der Waals surface area contributed by atoms with Crippen LogP contribution in [0.15, 0.2) is 10.5 Å². The first-order valence-corrected chi connectivity index (χ1v) is 4.60. The van der Waals surface area contributed by atoms with E-state index in [2.05, 4.69) is 20.7 Å². The zero-order chi connectivity index (χ0) is 10.9. The molecule has 0 atom stereocenters. The van der Waals surface area contributed by atoms with Crippen molar-refractivity contribution in [2.45, 2.75) is 6.92 Å². The predicted molar refractivity (Wildman–Crippen MR) is 61.0 cm³/mol. The predicted octanol–water partition coefficient (Wildman–Crippen LogP) is 2.71. The molecule has 0 fully saturated rings. The van der Waals surface area contributed by atoms with Crippen molar-refractivity contribution >= 4 is 27.6 Å². The second kappa shape index (κ2) is 7.00. The summed E-state index contributed by atoms with van der Waals surface area (Å²) in [6, 6.07) is 1.05. The van der Waals surface area contributed by atoms with Crippen LogP contribution in [0.2, 0.25) is 0 Å². The Morgan fingerprint density at radius 1 is 1.56 bits per heavy atom. The van der Waals surface area contributed by atoms with Gasteiger partial charge in [0.15, 0.2) is 0 Å². The Morgan fingerprint density at radius 3 is 2.50 bits per heavy atom. The summed E-state index contributed by atoms with van der Waals surface area (Å²) in [5.41, 5.74) is 6.40. The summed E-state index contributed by atoms with van der Waals surface area (Å²) in [5, 5.41) is 0. The van der Waals surface area contributed by atoms with Crippen LogP contribution in [0, 0.1) is 20.2 Å². The maximum absolute atomic E-state index is 13.2. The number of carbonyl (C=O) groups excluding carboxylic acids is 1. The first-order valence-electron chi connectivity index (χ1n) is 3.81. The van der Waals surface area contributed by atoms with Gasteiger partial charge in [0.25, 0.3) is 0 Å². The van der Waals surface area contributed by atoms with E-state index in [1.54, 1.807) is 6.92 Å². The number of methoxy groups -OCH3 is 1. The molecule has 0 spiro atoms. The van der Waals surface area contributed by atoms with Crippen molar-refractivity contribution in [3.05, 3.63) is 34.9 Å². The quantitative estimate of drug-likeness (QED) is 0.396. The molecule has 6 heteroatoms. The van der Waals surface area contributed by atoms with Crippen molar-refractivity contribution in [1.29, 1.82) is 0 Å². The van der Waals surface area contributed by atoms with Gasteiger partial charge < -0.3 is 17.9 Å². The third kappa shape index (κ3) is 3.28. The Bertz CT molecular complexity index is 399. The van der Waals surface area contributed by atoms with Crippen LogP contribution in [0.5, 0.6) is 0 Å². The number of hydrogen-bond acceptors (Lipinski definition) is 3. The molecule has 1 radical (unpaired) electrons. The zero-order valence-electron chi connectivity index (χ0n) is 9.11. The van der Waals surface area contributed by atoms with Crippen LogP contribution >= 0.6 is 15.9 Å². The summed E-state index contributed by atoms with van der Waals surface area (Å²) in [4.78, 5) is 11.2. The molecule has 16 heavy (non-hydrogen) atoms. The van der Waals surface area contributed by atoms with E-state index in [9.17, 15) is 9.18 Å². The summed E-state index contributed by atoms with van der Waals surface area (Å²) >= 11 is 3.03. The number of halogens is 2. The van der Waals surface area contributed by atoms with Gasteiger partial charge in [0.2, 0.25) is 0 Å². The molecule has 0 saturated heterocycles. The van der Waals surface area contributed by atoms with Crippen LogP contribution < -0.4 is 5.73 Å². The number of rotatable bonds is 1. The summed E-state index contributed by atoms with van der Waals surface area (Å²) in [6.07, 6.45) is 0. The molecule has 0 aliphatic carbocycles. The molecule has 0 saturated carbocycles. The first-order chi connectivity index (χ1) is 6.49. The van der Waals surface area contributed by atoms with Crippen LogP contribution in [0.1, 0.15) is 15.9 Å². The van der Waals surface area contributed by atoms with Crippen molar-refractivity contribution in [2.75, 3.05) is 12.8 Å². The fourth-order valence-corrected chi connectivity index (χ4v) is 1.37. The van der Waals surface area contributed by atoms with E-state index in [0.29, 0.717) is 5.56 Å². The average Bonchev–Trinajstić information content (AvgIpc) is 2.19. The van der Waals surface area contributed by atoms with E-state index >= 15 is 0 Å². The number of benzene rings is 1. The maximum atomic E-state index is 13.2. The van der Waals surface area contributed by atoms with Crippen molar-refractivity contribution in [3.63, 3.8) is 0 Å². The minimum atomic E-state index is -0.642. The summed E-state index contributed by atoms with van der Waals surface area (Å²) in [6.45, 7) is 1.62. The van der Waals surface area contributed by atoms with Gasteiger partial charge >= 0.3 is 5.97 Å². The number of nitrogens with two attached hydrogens (primary N) is 1. The molecule has 0 aliphatic heterocycles. The molecule has 1 rings (SSSR count). The smallest absolute Gasteiger partial charge is 0.340 e. The largest absolute Gasteiger partial charge is 0.465 e. The van der Waals surface area contributed by atoms with E-state index in [1.807, 2.05) is 0 Å². The van der Waals surface area contributed by atoms with Gasteiger partial charge in [-0.1, -0.05) is 0 Å². The standard InChI is InChI=1S/C9H9BrFNO2.CH3.Re/c1-4-7(10)6(11)3-5(8(4)12)9(13)14-2;;/h3H,12H2,1-2H3;1H3;/q;-1;. The van der Waals surface area contributed by atoms with Crippen LogP contribution in [-0.2, 0) is 25.2 Å². The summed E-state index contributed by atoms with van der Waals surface area (Å²) < 4.78 is 17.9. The summed E-state index contributed by atoms with van der Waals surface area (Å²) in [7, 11) is 1.22. The maximum Gasteiger partial charge on any atom is 0.340 e. The van der Waals surface area contributed by atoms with Crippen LogP contribution in [0.25, 0.3) is 0 Å². The van der Waals surface area contributed by atoms with Gasteiger partial charge in [0.1, 0.15) is 5.82 Å². The van der Waals surface area contributed by atoms with E-state index < -0.39 is 11.8 Å². The van der Waals surface area contributed by atoms with Crippen molar-refractivity contribution in [3.8, 4) is 0 Å². The Kier molecular flexibility index (Phi) is 7.85. The molecule has 0 unspecified atom stereocenters. The van der Waals surface area contributed by atoms with E-state index in [0.717, 1.165) is 6.07 Å². The third-order valence-electron chi connectivity index (χ3n) is 1.91. The van der Waals surface area contributed by atoms with Gasteiger partial charge in [-0.15, -0.1) is 0 Å². The molecule has 2 N–H and O–H groups in total. The number of hydrogen-bond donors (Lipinski definition) is 1. The molecule has 0 aromatic heterocycles. The minimum Gasteiger partial charge on any atom is -0.465 e. The number of esters is 1. The molecule has 91 valence electrons. The number of carbonyl (C=O) groups is 1. The van der Waals surface area contributed by atoms with E-state index in [1.165, 1.54) is 7.11 Å². The fraction of sp³-hybridized carbons (Fsp3) is 0.200. The number of anilines is 1. The summed E-state index contributed by atoms with van der Waals surface area (Å²) in [5.74, 6) is -1.17. The van der Waals surface area contributed by atoms with Crippen molar-refractivity contribution in [1.82, 2.24) is 0 Å². The molecule has 3 nitrogen and oxygen atoms in total. The van der Waals surface area contributed by atoms with Crippen molar-refractivity contribution < 1.29 is 34.3 Å². The molecule has 0 bridgehead atoms. The second-order valence-electron chi connectivity index (χ2n) is 2.75. The normalized spacial score (nSPS) is 8.75. The van der Waals surface area contributed by atoms with Crippen molar-refractivity contribution in [2.24, 2.45) is 0 Å². The Hall–Kier alpha value is -0.438. The molecule has 1 aromatic carbocycles. The van der Waals surface area contributed by atoms with E-state index in [4.69, 9.17) is 5.73 Å². The number of nitrogen functional groups attached to an aromatic ring is 1. The third-order valence-corrected chi connectivity index (χ3v) is 2.88. The zero-order valence-corrected chi connectivity index (χ0v) is 13.4. The van der Waals surface area contributed by atoms with Gasteiger partial charge in [-0.3, -0.25) is 0 Å². The molecular formula is C10H12BrFNO2Re-. The van der Waals surface area contributed by atoms with Gasteiger partial charge in [-0.05, 0) is 34.5 Å². The van der Waals surface area contributed by atoms with Crippen LogP contribution in [-0.4, -0.2) is 13.1 Å². The molecule has 0 aliphatic rings. The fourth-order valence-electron chi connectivity index (χ4n) is 1.05. The van der Waals surface area contributed by atoms with Crippen LogP contribution in [0.4, 0.5) is 10.1 Å². The molecule has 0 amide bonds. The van der Waals surface area contributed by atoms with Gasteiger partial charge in [0, 0.05) is 20.4 Å².